The van der Waals surface area contributed by atoms with Gasteiger partial charge in [0, 0.05) is 25.2 Å². The number of phenols is 1. The number of nitrogens with zero attached hydrogens (tertiary/aromatic N) is 1. The van der Waals surface area contributed by atoms with Crippen molar-refractivity contribution in [1.82, 2.24) is 0 Å². The van der Waals surface area contributed by atoms with Crippen molar-refractivity contribution in [3.05, 3.63) is 53.8 Å². The van der Waals surface area contributed by atoms with E-state index >= 15 is 0 Å². The van der Waals surface area contributed by atoms with Gasteiger partial charge in [0.2, 0.25) is 5.91 Å². The molecule has 27 heavy (non-hydrogen) atoms. The van der Waals surface area contributed by atoms with Gasteiger partial charge >= 0.3 is 0 Å². The number of benzene rings is 2. The van der Waals surface area contributed by atoms with Crippen molar-refractivity contribution in [3.8, 4) is 5.75 Å². The number of carbonyl (C=O) groups excluding carboxylic acids is 1. The Balaban J connectivity index is 1.60. The standard InChI is InChI=1S/C21H25FN2O3/c1-14-12-24(13-15(2)27-14)19-9-8-17(11-18(19)22)23-21(26)10-7-16-5-3-4-6-20(16)25/h3-6,8-9,11,14-15,25H,7,10,12-13H2,1-2H3,(H,23,26)/t14-,15-/m0/s1. The Labute approximate surface area is 158 Å². The molecule has 0 unspecified atom stereocenters. The number of halogens is 1. The molecule has 6 heteroatoms. The summed E-state index contributed by atoms with van der Waals surface area (Å²) in [5, 5.41) is 12.5. The molecule has 1 amide bonds. The van der Waals surface area contributed by atoms with Gasteiger partial charge in [0.25, 0.3) is 0 Å². The highest BCUT2D eigenvalue weighted by molar-refractivity contribution is 5.91. The summed E-state index contributed by atoms with van der Waals surface area (Å²) in [6.45, 7) is 5.21. The number of amides is 1. The van der Waals surface area contributed by atoms with Gasteiger partial charge in [-0.25, -0.2) is 4.39 Å². The van der Waals surface area contributed by atoms with Crippen LogP contribution in [0.3, 0.4) is 0 Å². The Morgan fingerprint density at radius 2 is 1.93 bits per heavy atom. The topological polar surface area (TPSA) is 61.8 Å². The first-order valence-corrected chi connectivity index (χ1v) is 9.19. The van der Waals surface area contributed by atoms with Crippen LogP contribution in [-0.4, -0.2) is 36.3 Å². The maximum atomic E-state index is 14.6. The summed E-state index contributed by atoms with van der Waals surface area (Å²) in [5.74, 6) is -0.413. The molecule has 1 heterocycles. The molecule has 2 atom stereocenters. The normalized spacial score (nSPS) is 19.7. The van der Waals surface area contributed by atoms with Gasteiger partial charge in [-0.2, -0.15) is 0 Å². The Morgan fingerprint density at radius 3 is 2.59 bits per heavy atom. The highest BCUT2D eigenvalue weighted by Gasteiger charge is 2.24. The highest BCUT2D eigenvalue weighted by Crippen LogP contribution is 2.26. The Bertz CT molecular complexity index is 802. The molecule has 1 saturated heterocycles. The van der Waals surface area contributed by atoms with E-state index in [0.29, 0.717) is 36.4 Å². The van der Waals surface area contributed by atoms with Crippen LogP contribution in [0.25, 0.3) is 0 Å². The third-order valence-electron chi connectivity index (χ3n) is 4.60. The van der Waals surface area contributed by atoms with Gasteiger partial charge in [0.1, 0.15) is 11.6 Å². The summed E-state index contributed by atoms with van der Waals surface area (Å²) in [5.41, 5.74) is 1.65. The molecule has 2 aromatic carbocycles. The van der Waals surface area contributed by atoms with Gasteiger partial charge in [-0.15, -0.1) is 0 Å². The molecule has 2 aromatic rings. The summed E-state index contributed by atoms with van der Waals surface area (Å²) < 4.78 is 20.3. The van der Waals surface area contributed by atoms with Crippen molar-refractivity contribution in [2.75, 3.05) is 23.3 Å². The number of aromatic hydroxyl groups is 1. The summed E-state index contributed by atoms with van der Waals surface area (Å²) >= 11 is 0. The van der Waals surface area contributed by atoms with Crippen LogP contribution in [0.15, 0.2) is 42.5 Å². The minimum atomic E-state index is -0.366. The molecule has 0 saturated carbocycles. The monoisotopic (exact) mass is 372 g/mol. The fraction of sp³-hybridized carbons (Fsp3) is 0.381. The van der Waals surface area contributed by atoms with Crippen LogP contribution in [-0.2, 0) is 16.0 Å². The highest BCUT2D eigenvalue weighted by atomic mass is 19.1. The number of rotatable bonds is 5. The van der Waals surface area contributed by atoms with E-state index in [9.17, 15) is 14.3 Å². The zero-order valence-corrected chi connectivity index (χ0v) is 15.6. The number of aryl methyl sites for hydroxylation is 1. The molecule has 1 fully saturated rings. The molecule has 1 aliphatic rings. The molecule has 144 valence electrons. The lowest BCUT2D eigenvalue weighted by atomic mass is 10.1. The van der Waals surface area contributed by atoms with Crippen LogP contribution in [0.2, 0.25) is 0 Å². The molecule has 0 aliphatic carbocycles. The number of phenolic OH excluding ortho intramolecular Hbond substituents is 1. The average Bonchev–Trinajstić information content (AvgIpc) is 2.60. The molecule has 0 spiro atoms. The number of para-hydroxylation sites is 1. The zero-order chi connectivity index (χ0) is 19.4. The summed E-state index contributed by atoms with van der Waals surface area (Å²) in [7, 11) is 0. The third-order valence-corrected chi connectivity index (χ3v) is 4.60. The summed E-state index contributed by atoms with van der Waals surface area (Å²) in [6, 6.07) is 11.7. The van der Waals surface area contributed by atoms with Crippen molar-refractivity contribution in [1.29, 1.82) is 0 Å². The second-order valence-corrected chi connectivity index (χ2v) is 7.01. The molecular weight excluding hydrogens is 347 g/mol. The summed E-state index contributed by atoms with van der Waals surface area (Å²) in [4.78, 5) is 14.1. The largest absolute Gasteiger partial charge is 0.508 e. The Kier molecular flexibility index (Phi) is 5.96. The van der Waals surface area contributed by atoms with E-state index in [1.807, 2.05) is 24.8 Å². The maximum Gasteiger partial charge on any atom is 0.224 e. The molecule has 5 nitrogen and oxygen atoms in total. The van der Waals surface area contributed by atoms with E-state index in [4.69, 9.17) is 4.74 Å². The van der Waals surface area contributed by atoms with Crippen molar-refractivity contribution in [2.24, 2.45) is 0 Å². The SMILES string of the molecule is C[C@H]1CN(c2ccc(NC(=O)CCc3ccccc3O)cc2F)C[C@H](C)O1. The molecule has 1 aliphatic heterocycles. The quantitative estimate of drug-likeness (QED) is 0.840. The lowest BCUT2D eigenvalue weighted by molar-refractivity contribution is -0.116. The fourth-order valence-corrected chi connectivity index (χ4v) is 3.41. The number of hydrogen-bond acceptors (Lipinski definition) is 4. The first-order chi connectivity index (χ1) is 12.9. The maximum absolute atomic E-state index is 14.6. The van der Waals surface area contributed by atoms with Crippen molar-refractivity contribution < 1.29 is 19.0 Å². The number of anilines is 2. The van der Waals surface area contributed by atoms with E-state index < -0.39 is 0 Å². The van der Waals surface area contributed by atoms with Crippen LogP contribution < -0.4 is 10.2 Å². The predicted molar refractivity (Wildman–Crippen MR) is 104 cm³/mol. The third kappa shape index (κ3) is 4.98. The first-order valence-electron chi connectivity index (χ1n) is 9.19. The number of morpholine rings is 1. The van der Waals surface area contributed by atoms with Gasteiger partial charge in [0.05, 0.1) is 17.9 Å². The average molecular weight is 372 g/mol. The number of nitrogens with one attached hydrogen (secondary N) is 1. The van der Waals surface area contributed by atoms with E-state index in [2.05, 4.69) is 5.32 Å². The lowest BCUT2D eigenvalue weighted by Crippen LogP contribution is -2.45. The molecule has 0 radical (unpaired) electrons. The molecule has 0 aromatic heterocycles. The molecular formula is C21H25FN2O3. The van der Waals surface area contributed by atoms with Crippen molar-refractivity contribution in [2.45, 2.75) is 38.9 Å². The smallest absolute Gasteiger partial charge is 0.224 e. The van der Waals surface area contributed by atoms with Gasteiger partial charge in [0.15, 0.2) is 0 Å². The van der Waals surface area contributed by atoms with Crippen LogP contribution >= 0.6 is 0 Å². The zero-order valence-electron chi connectivity index (χ0n) is 15.6. The lowest BCUT2D eigenvalue weighted by Gasteiger charge is -2.37. The Hall–Kier alpha value is -2.60. The van der Waals surface area contributed by atoms with Crippen molar-refractivity contribution >= 4 is 17.3 Å². The van der Waals surface area contributed by atoms with Gasteiger partial charge in [-0.3, -0.25) is 4.79 Å². The van der Waals surface area contributed by atoms with Crippen LogP contribution in [0.4, 0.5) is 15.8 Å². The second-order valence-electron chi connectivity index (χ2n) is 7.01. The van der Waals surface area contributed by atoms with Crippen LogP contribution in [0.1, 0.15) is 25.8 Å². The number of hydrogen-bond donors (Lipinski definition) is 2. The minimum Gasteiger partial charge on any atom is -0.508 e. The van der Waals surface area contributed by atoms with Crippen LogP contribution in [0.5, 0.6) is 5.75 Å². The van der Waals surface area contributed by atoms with E-state index in [0.717, 1.165) is 0 Å². The van der Waals surface area contributed by atoms with E-state index in [1.165, 1.54) is 6.07 Å². The van der Waals surface area contributed by atoms with Gasteiger partial charge in [-0.1, -0.05) is 18.2 Å². The summed E-state index contributed by atoms with van der Waals surface area (Å²) in [6.07, 6.45) is 0.714. The molecule has 0 bridgehead atoms. The second kappa shape index (κ2) is 8.39. The van der Waals surface area contributed by atoms with E-state index in [-0.39, 0.29) is 36.1 Å². The number of carbonyl (C=O) groups is 1. The van der Waals surface area contributed by atoms with Crippen LogP contribution in [0, 0.1) is 5.82 Å². The van der Waals surface area contributed by atoms with Crippen molar-refractivity contribution in [3.63, 3.8) is 0 Å². The van der Waals surface area contributed by atoms with Gasteiger partial charge < -0.3 is 20.1 Å². The fourth-order valence-electron chi connectivity index (χ4n) is 3.41. The Morgan fingerprint density at radius 1 is 1.22 bits per heavy atom. The van der Waals surface area contributed by atoms with Gasteiger partial charge in [-0.05, 0) is 50.1 Å². The minimum absolute atomic E-state index is 0.0435. The van der Waals surface area contributed by atoms with E-state index in [1.54, 1.807) is 30.3 Å². The first kappa shape index (κ1) is 19.2. The number of ether oxygens (including phenoxy) is 1. The molecule has 3 rings (SSSR count). The predicted octanol–water partition coefficient (Wildman–Crippen LogP) is 3.72. The molecule has 2 N–H and O–H groups in total.